The van der Waals surface area contributed by atoms with Crippen LogP contribution in [-0.4, -0.2) is 35.6 Å². The van der Waals surface area contributed by atoms with Gasteiger partial charge in [-0.15, -0.1) is 11.3 Å². The number of aliphatic hydroxyl groups is 2. The Morgan fingerprint density at radius 3 is 2.68 bits per heavy atom. The minimum absolute atomic E-state index is 0.0447. The molecule has 3 unspecified atom stereocenters. The van der Waals surface area contributed by atoms with Crippen molar-refractivity contribution in [2.75, 3.05) is 13.2 Å². The first kappa shape index (κ1) is 18.4. The zero-order valence-corrected chi connectivity index (χ0v) is 15.6. The van der Waals surface area contributed by atoms with Gasteiger partial charge >= 0.3 is 0 Å². The number of hydrogen-bond acceptors (Lipinski definition) is 5. The molecule has 1 aliphatic rings. The van der Waals surface area contributed by atoms with Crippen molar-refractivity contribution in [3.05, 3.63) is 51.2 Å². The summed E-state index contributed by atoms with van der Waals surface area (Å²) >= 11 is 1.72. The molecule has 2 aromatic rings. The van der Waals surface area contributed by atoms with E-state index in [-0.39, 0.29) is 18.8 Å². The molecule has 1 fully saturated rings. The molecule has 136 valence electrons. The first-order chi connectivity index (χ1) is 12.1. The maximum Gasteiger partial charge on any atom is 0.119 e. The Hall–Kier alpha value is -1.40. The molecule has 3 rings (SSSR count). The number of aryl methyl sites for hydroxylation is 1. The molecule has 0 radical (unpaired) electrons. The molecule has 1 aromatic heterocycles. The van der Waals surface area contributed by atoms with Crippen LogP contribution < -0.4 is 4.74 Å². The second-order valence-corrected chi connectivity index (χ2v) is 7.83. The van der Waals surface area contributed by atoms with E-state index in [2.05, 4.69) is 25.1 Å². The third kappa shape index (κ3) is 4.61. The van der Waals surface area contributed by atoms with Gasteiger partial charge in [-0.1, -0.05) is 12.1 Å². The Labute approximate surface area is 153 Å². The molecule has 0 saturated carbocycles. The zero-order valence-electron chi connectivity index (χ0n) is 14.8. The molecular formula is C20H26O4S. The zero-order chi connectivity index (χ0) is 17.8. The van der Waals surface area contributed by atoms with E-state index in [4.69, 9.17) is 9.47 Å². The van der Waals surface area contributed by atoms with E-state index in [1.54, 1.807) is 11.3 Å². The summed E-state index contributed by atoms with van der Waals surface area (Å²) in [6, 6.07) is 10.4. The van der Waals surface area contributed by atoms with E-state index >= 15 is 0 Å². The summed E-state index contributed by atoms with van der Waals surface area (Å²) in [6.07, 6.45) is 1.17. The smallest absolute Gasteiger partial charge is 0.119 e. The van der Waals surface area contributed by atoms with Crippen LogP contribution in [0.4, 0.5) is 0 Å². The van der Waals surface area contributed by atoms with Gasteiger partial charge in [0, 0.05) is 22.6 Å². The van der Waals surface area contributed by atoms with E-state index < -0.39 is 6.10 Å². The fourth-order valence-electron chi connectivity index (χ4n) is 3.26. The molecule has 1 aromatic carbocycles. The number of hydrogen-bond donors (Lipinski definition) is 2. The molecule has 2 N–H and O–H groups in total. The Bertz CT molecular complexity index is 680. The summed E-state index contributed by atoms with van der Waals surface area (Å²) in [7, 11) is 0. The second kappa shape index (κ2) is 8.32. The molecule has 1 aliphatic heterocycles. The highest BCUT2D eigenvalue weighted by atomic mass is 32.1. The highest BCUT2D eigenvalue weighted by molar-refractivity contribution is 7.12. The van der Waals surface area contributed by atoms with Gasteiger partial charge in [-0.25, -0.2) is 0 Å². The predicted octanol–water partition coefficient (Wildman–Crippen LogP) is 3.62. The molecule has 0 aliphatic carbocycles. The fourth-order valence-corrected chi connectivity index (χ4v) is 4.36. The number of benzene rings is 1. The molecule has 1 saturated heterocycles. The van der Waals surface area contributed by atoms with E-state index in [0.717, 1.165) is 17.0 Å². The van der Waals surface area contributed by atoms with Gasteiger partial charge in [-0.2, -0.15) is 0 Å². The lowest BCUT2D eigenvalue weighted by Gasteiger charge is -2.31. The summed E-state index contributed by atoms with van der Waals surface area (Å²) in [5.41, 5.74) is 2.53. The normalized spacial score (nSPS) is 23.6. The standard InChI is InChI=1S/C20H26O4S/c1-3-23-17-6-4-14(5-7-17)8-15-9-20(25-13(15)2)19-11-16(22)10-18(12-21)24-19/h4-7,9,16,18-19,21-22H,3,8,10-12H2,1-2H3. The van der Waals surface area contributed by atoms with Crippen molar-refractivity contribution in [1.29, 1.82) is 0 Å². The largest absolute Gasteiger partial charge is 0.494 e. The van der Waals surface area contributed by atoms with Crippen LogP contribution in [0, 0.1) is 6.92 Å². The number of rotatable bonds is 6. The number of ether oxygens (including phenoxy) is 2. The Kier molecular flexibility index (Phi) is 6.12. The molecule has 0 spiro atoms. The van der Waals surface area contributed by atoms with E-state index in [1.165, 1.54) is 16.0 Å². The van der Waals surface area contributed by atoms with Crippen LogP contribution in [0.1, 0.15) is 46.8 Å². The van der Waals surface area contributed by atoms with Gasteiger partial charge in [0.2, 0.25) is 0 Å². The molecule has 25 heavy (non-hydrogen) atoms. The van der Waals surface area contributed by atoms with Gasteiger partial charge in [0.25, 0.3) is 0 Å². The maximum absolute atomic E-state index is 10.0. The van der Waals surface area contributed by atoms with Crippen LogP contribution in [0.5, 0.6) is 5.75 Å². The topological polar surface area (TPSA) is 58.9 Å². The Morgan fingerprint density at radius 1 is 1.24 bits per heavy atom. The highest BCUT2D eigenvalue weighted by Gasteiger charge is 2.30. The van der Waals surface area contributed by atoms with Crippen LogP contribution in [0.15, 0.2) is 30.3 Å². The fraction of sp³-hybridized carbons (Fsp3) is 0.500. The average molecular weight is 362 g/mol. The van der Waals surface area contributed by atoms with Gasteiger partial charge in [-0.05, 0) is 49.6 Å². The number of thiophene rings is 1. The Balaban J connectivity index is 1.71. The minimum atomic E-state index is -0.409. The number of aliphatic hydroxyl groups excluding tert-OH is 2. The highest BCUT2D eigenvalue weighted by Crippen LogP contribution is 2.37. The van der Waals surface area contributed by atoms with Gasteiger partial charge in [-0.3, -0.25) is 0 Å². The van der Waals surface area contributed by atoms with Crippen LogP contribution in [-0.2, 0) is 11.2 Å². The minimum Gasteiger partial charge on any atom is -0.494 e. The molecule has 5 heteroatoms. The maximum atomic E-state index is 10.0. The van der Waals surface area contributed by atoms with Crippen LogP contribution in [0.3, 0.4) is 0 Å². The Morgan fingerprint density at radius 2 is 2.00 bits per heavy atom. The van der Waals surface area contributed by atoms with Crippen molar-refractivity contribution >= 4 is 11.3 Å². The monoisotopic (exact) mass is 362 g/mol. The van der Waals surface area contributed by atoms with Gasteiger partial charge in [0.05, 0.1) is 31.5 Å². The van der Waals surface area contributed by atoms with Crippen molar-refractivity contribution < 1.29 is 19.7 Å². The van der Waals surface area contributed by atoms with Crippen molar-refractivity contribution in [1.82, 2.24) is 0 Å². The third-order valence-electron chi connectivity index (χ3n) is 4.57. The lowest BCUT2D eigenvalue weighted by Crippen LogP contribution is -2.33. The van der Waals surface area contributed by atoms with E-state index in [1.807, 2.05) is 19.1 Å². The molecule has 0 amide bonds. The van der Waals surface area contributed by atoms with Crippen molar-refractivity contribution in [3.63, 3.8) is 0 Å². The summed E-state index contributed by atoms with van der Waals surface area (Å²) in [4.78, 5) is 2.41. The van der Waals surface area contributed by atoms with Crippen LogP contribution >= 0.6 is 11.3 Å². The summed E-state index contributed by atoms with van der Waals surface area (Å²) in [6.45, 7) is 4.74. The lowest BCUT2D eigenvalue weighted by atomic mass is 9.99. The molecule has 0 bridgehead atoms. The second-order valence-electron chi connectivity index (χ2n) is 6.54. The average Bonchev–Trinajstić information content (AvgIpc) is 2.97. The quantitative estimate of drug-likeness (QED) is 0.824. The summed E-state index contributed by atoms with van der Waals surface area (Å²) in [5.74, 6) is 0.897. The van der Waals surface area contributed by atoms with Gasteiger partial charge < -0.3 is 19.7 Å². The van der Waals surface area contributed by atoms with Crippen molar-refractivity contribution in [2.24, 2.45) is 0 Å². The molecule has 2 heterocycles. The van der Waals surface area contributed by atoms with E-state index in [0.29, 0.717) is 19.4 Å². The molecule has 4 nitrogen and oxygen atoms in total. The molecular weight excluding hydrogens is 336 g/mol. The summed E-state index contributed by atoms with van der Waals surface area (Å²) < 4.78 is 11.4. The lowest BCUT2D eigenvalue weighted by molar-refractivity contribution is -0.112. The van der Waals surface area contributed by atoms with Crippen molar-refractivity contribution in [2.45, 2.75) is 51.4 Å². The van der Waals surface area contributed by atoms with Gasteiger partial charge in [0.15, 0.2) is 0 Å². The first-order valence-electron chi connectivity index (χ1n) is 8.84. The van der Waals surface area contributed by atoms with Crippen molar-refractivity contribution in [3.8, 4) is 5.75 Å². The SMILES string of the molecule is CCOc1ccc(Cc2cc(C3CC(O)CC(CO)O3)sc2C)cc1. The van der Waals surface area contributed by atoms with E-state index in [9.17, 15) is 10.2 Å². The first-order valence-corrected chi connectivity index (χ1v) is 9.66. The molecule has 3 atom stereocenters. The predicted molar refractivity (Wildman–Crippen MR) is 99.4 cm³/mol. The van der Waals surface area contributed by atoms with Gasteiger partial charge in [0.1, 0.15) is 5.75 Å². The third-order valence-corrected chi connectivity index (χ3v) is 5.75. The van der Waals surface area contributed by atoms with Crippen LogP contribution in [0.2, 0.25) is 0 Å². The van der Waals surface area contributed by atoms with Crippen LogP contribution in [0.25, 0.3) is 0 Å². The summed E-state index contributed by atoms with van der Waals surface area (Å²) in [5, 5.41) is 19.4.